The van der Waals surface area contributed by atoms with Crippen LogP contribution in [-0.4, -0.2) is 16.9 Å². The molecule has 186 valence electrons. The fourth-order valence-electron chi connectivity index (χ4n) is 3.78. The van der Waals surface area contributed by atoms with Gasteiger partial charge in [-0.25, -0.2) is 4.79 Å². The molecule has 3 aromatic carbocycles. The summed E-state index contributed by atoms with van der Waals surface area (Å²) in [6.07, 6.45) is -8.93. The second kappa shape index (κ2) is 9.18. The van der Waals surface area contributed by atoms with Gasteiger partial charge in [-0.05, 0) is 71.3 Å². The van der Waals surface area contributed by atoms with Gasteiger partial charge in [-0.1, -0.05) is 12.1 Å². The Kier molecular flexibility index (Phi) is 6.38. The monoisotopic (exact) mass is 506 g/mol. The summed E-state index contributed by atoms with van der Waals surface area (Å²) in [7, 11) is 0. The first-order valence-corrected chi connectivity index (χ1v) is 10.4. The molecule has 0 saturated carbocycles. The van der Waals surface area contributed by atoms with Crippen LogP contribution in [0.4, 0.5) is 26.3 Å². The van der Waals surface area contributed by atoms with Crippen LogP contribution in [0, 0.1) is 0 Å². The standard InChI is InChI=1S/C26H16F6O4/c27-25(28,29)19-8-15(9-20(12-19)26(30,31)32)7-18-10-17-11-21(5-6-22(17)23(18)33)36-13-14-1-3-16(4-2-14)24(34)35/h1-9,11-12H,10,13H2,(H,34,35). The molecule has 0 amide bonds. The van der Waals surface area contributed by atoms with Gasteiger partial charge in [0.2, 0.25) is 0 Å². The summed E-state index contributed by atoms with van der Waals surface area (Å²) in [6.45, 7) is 0.111. The molecule has 0 radical (unpaired) electrons. The Balaban J connectivity index is 1.56. The third kappa shape index (κ3) is 5.42. The molecule has 3 aromatic rings. The number of carboxylic acid groups (broad SMARTS) is 1. The van der Waals surface area contributed by atoms with E-state index < -0.39 is 35.2 Å². The molecule has 0 heterocycles. The Hall–Kier alpha value is -4.08. The zero-order valence-electron chi connectivity index (χ0n) is 18.2. The zero-order chi connectivity index (χ0) is 26.3. The van der Waals surface area contributed by atoms with Gasteiger partial charge in [0, 0.05) is 17.6 Å². The number of carbonyl (C=O) groups is 2. The van der Waals surface area contributed by atoms with Gasteiger partial charge in [0.25, 0.3) is 0 Å². The molecule has 0 spiro atoms. The van der Waals surface area contributed by atoms with Gasteiger partial charge in [-0.2, -0.15) is 26.3 Å². The minimum Gasteiger partial charge on any atom is -0.489 e. The third-order valence-corrected chi connectivity index (χ3v) is 5.55. The molecular formula is C26H16F6O4. The van der Waals surface area contributed by atoms with E-state index in [1.54, 1.807) is 18.2 Å². The first-order valence-electron chi connectivity index (χ1n) is 10.4. The number of Topliss-reactive ketones (excluding diaryl/α,β-unsaturated/α-hetero) is 1. The summed E-state index contributed by atoms with van der Waals surface area (Å²) in [5.74, 6) is -1.16. The SMILES string of the molecule is O=C(O)c1ccc(COc2ccc3c(c2)CC(=Cc2cc(C(F)(F)F)cc(C(F)(F)F)c2)C3=O)cc1. The fraction of sp³-hybridized carbons (Fsp3) is 0.154. The molecule has 4 nitrogen and oxygen atoms in total. The molecule has 1 aliphatic carbocycles. The van der Waals surface area contributed by atoms with Gasteiger partial charge in [0.1, 0.15) is 12.4 Å². The second-order valence-electron chi connectivity index (χ2n) is 8.12. The summed E-state index contributed by atoms with van der Waals surface area (Å²) in [5, 5.41) is 8.94. The van der Waals surface area contributed by atoms with Gasteiger partial charge in [-0.15, -0.1) is 0 Å². The van der Waals surface area contributed by atoms with Crippen LogP contribution >= 0.6 is 0 Å². The highest BCUT2D eigenvalue weighted by Crippen LogP contribution is 2.38. The lowest BCUT2D eigenvalue weighted by atomic mass is 10.0. The van der Waals surface area contributed by atoms with E-state index in [0.29, 0.717) is 29.0 Å². The number of alkyl halides is 6. The molecule has 0 bridgehead atoms. The molecule has 0 atom stereocenters. The first-order chi connectivity index (χ1) is 16.8. The number of halogens is 6. The van der Waals surface area contributed by atoms with Crippen molar-refractivity contribution in [3.8, 4) is 5.75 Å². The Morgan fingerprint density at radius 3 is 2.06 bits per heavy atom. The third-order valence-electron chi connectivity index (χ3n) is 5.55. The number of carboxylic acids is 1. The highest BCUT2D eigenvalue weighted by Gasteiger charge is 2.37. The minimum atomic E-state index is -4.99. The molecule has 0 aromatic heterocycles. The molecule has 1 N–H and O–H groups in total. The highest BCUT2D eigenvalue weighted by molar-refractivity contribution is 6.15. The van der Waals surface area contributed by atoms with Crippen molar-refractivity contribution >= 4 is 17.8 Å². The van der Waals surface area contributed by atoms with Crippen LogP contribution in [-0.2, 0) is 25.4 Å². The number of rotatable bonds is 5. The van der Waals surface area contributed by atoms with Crippen LogP contribution in [0.3, 0.4) is 0 Å². The maximum atomic E-state index is 13.1. The van der Waals surface area contributed by atoms with E-state index in [0.717, 1.165) is 6.08 Å². The van der Waals surface area contributed by atoms with Crippen LogP contribution in [0.25, 0.3) is 6.08 Å². The van der Waals surface area contributed by atoms with E-state index in [-0.39, 0.29) is 41.4 Å². The molecule has 1 aliphatic rings. The summed E-state index contributed by atoms with van der Waals surface area (Å²) in [6, 6.07) is 11.8. The van der Waals surface area contributed by atoms with Crippen LogP contribution in [0.15, 0.2) is 66.2 Å². The number of allylic oxidation sites excluding steroid dienone is 1. The smallest absolute Gasteiger partial charge is 0.416 e. The van der Waals surface area contributed by atoms with Crippen molar-refractivity contribution in [2.45, 2.75) is 25.4 Å². The lowest BCUT2D eigenvalue weighted by molar-refractivity contribution is -0.143. The van der Waals surface area contributed by atoms with Gasteiger partial charge in [0.05, 0.1) is 16.7 Å². The van der Waals surface area contributed by atoms with Gasteiger partial charge < -0.3 is 9.84 Å². The number of fused-ring (bicyclic) bond motifs is 1. The van der Waals surface area contributed by atoms with Crippen molar-refractivity contribution < 1.29 is 45.8 Å². The molecule has 10 heteroatoms. The Bertz CT molecular complexity index is 1340. The van der Waals surface area contributed by atoms with E-state index in [1.807, 2.05) is 0 Å². The summed E-state index contributed by atoms with van der Waals surface area (Å²) in [4.78, 5) is 23.7. The summed E-state index contributed by atoms with van der Waals surface area (Å²) in [5.41, 5.74) is -1.62. The minimum absolute atomic E-state index is 0.0102. The first kappa shape index (κ1) is 25.0. The van der Waals surface area contributed by atoms with Crippen LogP contribution in [0.5, 0.6) is 5.75 Å². The number of ketones is 1. The average Bonchev–Trinajstić information content (AvgIpc) is 3.11. The lowest BCUT2D eigenvalue weighted by Gasteiger charge is -2.13. The number of aromatic carboxylic acids is 1. The van der Waals surface area contributed by atoms with Crippen LogP contribution in [0.1, 0.15) is 48.5 Å². The average molecular weight is 506 g/mol. The van der Waals surface area contributed by atoms with Gasteiger partial charge in [0.15, 0.2) is 5.78 Å². The number of hydrogen-bond donors (Lipinski definition) is 1. The topological polar surface area (TPSA) is 63.6 Å². The van der Waals surface area contributed by atoms with E-state index >= 15 is 0 Å². The normalized spacial score (nSPS) is 14.7. The van der Waals surface area contributed by atoms with Crippen molar-refractivity contribution in [3.05, 3.63) is 105 Å². The molecule has 0 aliphatic heterocycles. The van der Waals surface area contributed by atoms with Gasteiger partial charge in [-0.3, -0.25) is 4.79 Å². The molecule has 0 fully saturated rings. The maximum Gasteiger partial charge on any atom is 0.416 e. The van der Waals surface area contributed by atoms with Crippen molar-refractivity contribution in [1.82, 2.24) is 0 Å². The quantitative estimate of drug-likeness (QED) is 0.305. The Morgan fingerprint density at radius 2 is 1.50 bits per heavy atom. The predicted molar refractivity (Wildman–Crippen MR) is 117 cm³/mol. The maximum absolute atomic E-state index is 13.1. The van der Waals surface area contributed by atoms with Crippen molar-refractivity contribution in [2.24, 2.45) is 0 Å². The number of carbonyl (C=O) groups excluding carboxylic acids is 1. The molecular weight excluding hydrogens is 490 g/mol. The van der Waals surface area contributed by atoms with E-state index in [2.05, 4.69) is 0 Å². The van der Waals surface area contributed by atoms with E-state index in [9.17, 15) is 35.9 Å². The van der Waals surface area contributed by atoms with E-state index in [4.69, 9.17) is 9.84 Å². The summed E-state index contributed by atoms with van der Waals surface area (Å²) >= 11 is 0. The van der Waals surface area contributed by atoms with E-state index in [1.165, 1.54) is 24.3 Å². The zero-order valence-corrected chi connectivity index (χ0v) is 18.2. The van der Waals surface area contributed by atoms with Crippen LogP contribution < -0.4 is 4.74 Å². The summed E-state index contributed by atoms with van der Waals surface area (Å²) < 4.78 is 84.5. The Labute approximate surface area is 200 Å². The molecule has 0 unspecified atom stereocenters. The van der Waals surface area contributed by atoms with Crippen molar-refractivity contribution in [3.63, 3.8) is 0 Å². The number of ether oxygens (including phenoxy) is 1. The predicted octanol–water partition coefficient (Wildman–Crippen LogP) is 6.82. The molecule has 4 rings (SSSR count). The number of benzene rings is 3. The van der Waals surface area contributed by atoms with Gasteiger partial charge >= 0.3 is 18.3 Å². The second-order valence-corrected chi connectivity index (χ2v) is 8.12. The van der Waals surface area contributed by atoms with Crippen molar-refractivity contribution in [1.29, 1.82) is 0 Å². The highest BCUT2D eigenvalue weighted by atomic mass is 19.4. The number of hydrogen-bond acceptors (Lipinski definition) is 3. The Morgan fingerprint density at radius 1 is 0.889 bits per heavy atom. The van der Waals surface area contributed by atoms with Crippen LogP contribution in [0.2, 0.25) is 0 Å². The van der Waals surface area contributed by atoms with Crippen molar-refractivity contribution in [2.75, 3.05) is 0 Å². The largest absolute Gasteiger partial charge is 0.489 e. The molecule has 36 heavy (non-hydrogen) atoms. The molecule has 0 saturated heterocycles. The lowest BCUT2D eigenvalue weighted by Crippen LogP contribution is -2.11. The fourth-order valence-corrected chi connectivity index (χ4v) is 3.78.